The van der Waals surface area contributed by atoms with Gasteiger partial charge in [-0.15, -0.1) is 21.2 Å². The minimum Gasteiger partial charge on any atom is -0.381 e. The highest BCUT2D eigenvalue weighted by atomic mass is 35.5. The molecule has 1 aromatic rings. The van der Waals surface area contributed by atoms with Crippen molar-refractivity contribution >= 4 is 28.9 Å². The Kier molecular flexibility index (Phi) is 13.2. The Labute approximate surface area is 182 Å². The van der Waals surface area contributed by atoms with Gasteiger partial charge in [-0.25, -0.2) is 0 Å². The molecule has 0 saturated heterocycles. The van der Waals surface area contributed by atoms with E-state index in [0.717, 1.165) is 47.9 Å². The molecule has 3 unspecified atom stereocenters. The second-order valence-corrected chi connectivity index (χ2v) is 9.34. The number of nitrogens with zero attached hydrogens (tertiary/aromatic N) is 1. The Balaban J connectivity index is 2.51. The summed E-state index contributed by atoms with van der Waals surface area (Å²) >= 11 is 12.6. The average Bonchev–Trinajstić information content (AvgIpc) is 2.67. The molecule has 0 aliphatic heterocycles. The predicted octanol–water partition coefficient (Wildman–Crippen LogP) is 8.10. The summed E-state index contributed by atoms with van der Waals surface area (Å²) in [6.07, 6.45) is 8.10. The summed E-state index contributed by atoms with van der Waals surface area (Å²) < 4.78 is 14.7. The molecule has 0 aromatic heterocycles. The molecular weight excluding hydrogens is 394 g/mol. The lowest BCUT2D eigenvalue weighted by atomic mass is 9.99. The maximum absolute atomic E-state index is 14.7. The monoisotopic (exact) mass is 432 g/mol. The number of anilines is 1. The molecule has 0 aliphatic rings. The van der Waals surface area contributed by atoms with Gasteiger partial charge in [-0.3, -0.25) is 0 Å². The Morgan fingerprint density at radius 1 is 0.964 bits per heavy atom. The zero-order chi connectivity index (χ0) is 20.9. The van der Waals surface area contributed by atoms with E-state index in [4.69, 9.17) is 23.2 Å². The van der Waals surface area contributed by atoms with Crippen molar-refractivity contribution < 1.29 is 4.48 Å². The molecule has 0 heterocycles. The van der Waals surface area contributed by atoms with E-state index in [0.29, 0.717) is 12.5 Å². The average molecular weight is 433 g/mol. The molecule has 0 spiro atoms. The number of unbranched alkanes of at least 4 members (excludes halogenated alkanes) is 3. The van der Waals surface area contributed by atoms with Crippen LogP contribution in [0, 0.1) is 5.92 Å². The van der Waals surface area contributed by atoms with E-state index >= 15 is 0 Å². The summed E-state index contributed by atoms with van der Waals surface area (Å²) in [5.74, 6) is 0.517. The summed E-state index contributed by atoms with van der Waals surface area (Å²) in [4.78, 5) is 0. The van der Waals surface area contributed by atoms with Crippen molar-refractivity contribution in [3.63, 3.8) is 0 Å². The summed E-state index contributed by atoms with van der Waals surface area (Å²) in [6.45, 7) is 9.08. The topological polar surface area (TPSA) is 15.3 Å². The first-order valence-corrected chi connectivity index (χ1v) is 11.7. The molecule has 1 rings (SSSR count). The van der Waals surface area contributed by atoms with Gasteiger partial charge in [0.1, 0.15) is 0 Å². The van der Waals surface area contributed by atoms with Gasteiger partial charge >= 0.3 is 0 Å². The zero-order valence-corrected chi connectivity index (χ0v) is 19.6. The van der Waals surface area contributed by atoms with Crippen LogP contribution in [-0.4, -0.2) is 29.1 Å². The summed E-state index contributed by atoms with van der Waals surface area (Å²) in [6, 6.07) is 7.71. The number of benzene rings is 1. The van der Waals surface area contributed by atoms with E-state index < -0.39 is 0 Å². The first-order valence-electron chi connectivity index (χ1n) is 10.9. The van der Waals surface area contributed by atoms with Crippen LogP contribution in [-0.2, 0) is 0 Å². The number of rotatable bonds is 15. The Morgan fingerprint density at radius 2 is 1.64 bits per heavy atom. The van der Waals surface area contributed by atoms with Crippen molar-refractivity contribution in [1.82, 2.24) is 5.12 Å². The second-order valence-electron chi connectivity index (χ2n) is 8.34. The van der Waals surface area contributed by atoms with E-state index in [2.05, 4.69) is 33.0 Å². The van der Waals surface area contributed by atoms with Gasteiger partial charge in [0.25, 0.3) is 0 Å². The smallest absolute Gasteiger partial charge is 0.0535 e. The molecule has 0 radical (unpaired) electrons. The third-order valence-electron chi connectivity index (χ3n) is 5.26. The van der Waals surface area contributed by atoms with E-state index in [9.17, 15) is 4.48 Å². The molecule has 2 nitrogen and oxygen atoms in total. The highest BCUT2D eigenvalue weighted by molar-refractivity contribution is 6.30. The van der Waals surface area contributed by atoms with Crippen molar-refractivity contribution in [1.29, 1.82) is 0 Å². The highest BCUT2D eigenvalue weighted by Gasteiger charge is 2.22. The van der Waals surface area contributed by atoms with E-state index in [1.807, 2.05) is 24.3 Å². The van der Waals surface area contributed by atoms with Gasteiger partial charge in [0, 0.05) is 29.3 Å². The molecular formula is C23H39Cl2FN2. The largest absolute Gasteiger partial charge is 0.381 e. The van der Waals surface area contributed by atoms with Crippen LogP contribution >= 0.6 is 23.2 Å². The molecule has 0 fully saturated rings. The predicted molar refractivity (Wildman–Crippen MR) is 123 cm³/mol. The Bertz CT molecular complexity index is 510. The molecule has 0 aliphatic carbocycles. The van der Waals surface area contributed by atoms with Crippen LogP contribution in [0.5, 0.6) is 0 Å². The van der Waals surface area contributed by atoms with Crippen LogP contribution < -0.4 is 5.32 Å². The molecule has 0 bridgehead atoms. The molecule has 0 amide bonds. The third-order valence-corrected chi connectivity index (χ3v) is 6.11. The van der Waals surface area contributed by atoms with Crippen LogP contribution in [0.25, 0.3) is 0 Å². The minimum absolute atomic E-state index is 0.0282. The van der Waals surface area contributed by atoms with Gasteiger partial charge in [0.05, 0.1) is 5.38 Å². The van der Waals surface area contributed by atoms with Crippen molar-refractivity contribution in [3.8, 4) is 0 Å². The van der Waals surface area contributed by atoms with Gasteiger partial charge in [-0.1, -0.05) is 58.1 Å². The van der Waals surface area contributed by atoms with E-state index in [1.54, 1.807) is 0 Å². The van der Waals surface area contributed by atoms with Gasteiger partial charge in [0.15, 0.2) is 0 Å². The summed E-state index contributed by atoms with van der Waals surface area (Å²) in [5, 5.41) is 5.17. The molecule has 28 heavy (non-hydrogen) atoms. The lowest BCUT2D eigenvalue weighted by Gasteiger charge is -2.27. The van der Waals surface area contributed by atoms with Gasteiger partial charge in [-0.05, 0) is 62.8 Å². The fourth-order valence-corrected chi connectivity index (χ4v) is 3.61. The fraction of sp³-hybridized carbons (Fsp3) is 0.739. The molecule has 5 heteroatoms. The van der Waals surface area contributed by atoms with Crippen LogP contribution in [0.2, 0.25) is 5.02 Å². The first kappa shape index (κ1) is 25.5. The number of hydrogen-bond donors (Lipinski definition) is 1. The Hall–Kier alpha value is -0.510. The van der Waals surface area contributed by atoms with Crippen molar-refractivity contribution in [2.24, 2.45) is 5.92 Å². The summed E-state index contributed by atoms with van der Waals surface area (Å²) in [5.41, 5.74) is 1.00. The minimum atomic E-state index is -0.0488. The third kappa shape index (κ3) is 10.9. The molecule has 1 aromatic carbocycles. The maximum Gasteiger partial charge on any atom is 0.0535 e. The Morgan fingerprint density at radius 3 is 2.25 bits per heavy atom. The standard InChI is InChI=1S/C23H39Cl2FN2/c1-5-6-7-8-9-22(28(26)17-16-18(2)3)14-15-23(25)19(4)27-21-12-10-20(24)11-13-21/h10-13,18-19,22-23,27H,5-9,14-17H2,1-4H3. The quantitative estimate of drug-likeness (QED) is 0.171. The number of alkyl halides is 1. The normalized spacial score (nSPS) is 15.0. The SMILES string of the molecule is CCCCCCC(CCC(Cl)C(C)Nc1ccc(Cl)cc1)N(F)CCC(C)C. The second kappa shape index (κ2) is 14.5. The van der Waals surface area contributed by atoms with E-state index in [1.165, 1.54) is 19.3 Å². The molecule has 3 atom stereocenters. The van der Waals surface area contributed by atoms with Crippen molar-refractivity contribution in [2.45, 2.75) is 96.5 Å². The van der Waals surface area contributed by atoms with Crippen molar-refractivity contribution in [2.75, 3.05) is 11.9 Å². The molecule has 1 N–H and O–H groups in total. The van der Waals surface area contributed by atoms with Crippen LogP contribution in [0.4, 0.5) is 10.2 Å². The number of nitrogens with one attached hydrogen (secondary N) is 1. The number of halogens is 3. The fourth-order valence-electron chi connectivity index (χ4n) is 3.30. The lowest BCUT2D eigenvalue weighted by molar-refractivity contribution is -0.0337. The number of hydrogen-bond acceptors (Lipinski definition) is 2. The maximum atomic E-state index is 14.7. The molecule has 162 valence electrons. The highest BCUT2D eigenvalue weighted by Crippen LogP contribution is 2.23. The van der Waals surface area contributed by atoms with Gasteiger partial charge in [0.2, 0.25) is 0 Å². The van der Waals surface area contributed by atoms with Gasteiger partial charge in [-0.2, -0.15) is 0 Å². The van der Waals surface area contributed by atoms with Crippen LogP contribution in [0.15, 0.2) is 24.3 Å². The van der Waals surface area contributed by atoms with Crippen LogP contribution in [0.3, 0.4) is 0 Å². The zero-order valence-electron chi connectivity index (χ0n) is 18.1. The van der Waals surface area contributed by atoms with Gasteiger partial charge < -0.3 is 5.32 Å². The lowest BCUT2D eigenvalue weighted by Crippen LogP contribution is -2.33. The van der Waals surface area contributed by atoms with Crippen molar-refractivity contribution in [3.05, 3.63) is 29.3 Å². The molecule has 0 saturated carbocycles. The van der Waals surface area contributed by atoms with Crippen LogP contribution in [0.1, 0.15) is 79.1 Å². The summed E-state index contributed by atoms with van der Waals surface area (Å²) in [7, 11) is 0. The first-order chi connectivity index (χ1) is 13.3. The van der Waals surface area contributed by atoms with E-state index in [-0.39, 0.29) is 17.5 Å².